The van der Waals surface area contributed by atoms with Gasteiger partial charge < -0.3 is 26.6 Å². The second kappa shape index (κ2) is 12.7. The zero-order valence-electron chi connectivity index (χ0n) is 16.0. The molecule has 0 atom stereocenters. The van der Waals surface area contributed by atoms with E-state index < -0.39 is 6.03 Å². The van der Waals surface area contributed by atoms with Gasteiger partial charge in [0.25, 0.3) is 0 Å². The summed E-state index contributed by atoms with van der Waals surface area (Å²) in [5.41, 5.74) is 7.73. The van der Waals surface area contributed by atoms with Crippen LogP contribution in [0.1, 0.15) is 12.5 Å². The van der Waals surface area contributed by atoms with Gasteiger partial charge in [-0.05, 0) is 42.8 Å². The number of nitrogens with one attached hydrogen (secondary N) is 3. The Kier molecular flexibility index (Phi) is 10.7. The zero-order chi connectivity index (χ0) is 19.5. The van der Waals surface area contributed by atoms with Gasteiger partial charge in [0.2, 0.25) is 0 Å². The van der Waals surface area contributed by atoms with Crippen molar-refractivity contribution in [3.05, 3.63) is 60.2 Å². The van der Waals surface area contributed by atoms with Crippen molar-refractivity contribution in [1.29, 1.82) is 0 Å². The minimum atomic E-state index is -0.567. The summed E-state index contributed by atoms with van der Waals surface area (Å²) in [6.07, 6.45) is 0.846. The van der Waals surface area contributed by atoms with Gasteiger partial charge in [0.1, 0.15) is 0 Å². The summed E-state index contributed by atoms with van der Waals surface area (Å²) in [7, 11) is 0. The maximum absolute atomic E-state index is 11.9. The van der Waals surface area contributed by atoms with E-state index in [4.69, 9.17) is 5.73 Å². The van der Waals surface area contributed by atoms with Gasteiger partial charge in [-0.3, -0.25) is 0 Å². The minimum Gasteiger partial charge on any atom is -0.351 e. The largest absolute Gasteiger partial charge is 0.351 e. The van der Waals surface area contributed by atoms with Crippen LogP contribution in [0.25, 0.3) is 0 Å². The fourth-order valence-electron chi connectivity index (χ4n) is 2.69. The molecule has 0 aliphatic rings. The number of likely N-dealkylation sites (N-methyl/N-ethyl adjacent to an activating group) is 1. The Morgan fingerprint density at radius 2 is 1.68 bits per heavy atom. The van der Waals surface area contributed by atoms with Crippen LogP contribution < -0.4 is 21.7 Å². The lowest BCUT2D eigenvalue weighted by molar-refractivity contribution is 0.247. The molecule has 0 bridgehead atoms. The Balaban J connectivity index is 0.00000392. The molecule has 0 aliphatic heterocycles. The quantitative estimate of drug-likeness (QED) is 0.471. The van der Waals surface area contributed by atoms with Crippen molar-refractivity contribution in [2.45, 2.75) is 13.3 Å². The Morgan fingerprint density at radius 3 is 2.36 bits per heavy atom. The molecule has 28 heavy (non-hydrogen) atoms. The van der Waals surface area contributed by atoms with Gasteiger partial charge in [-0.2, -0.15) is 0 Å². The van der Waals surface area contributed by atoms with Gasteiger partial charge in [0, 0.05) is 31.0 Å². The number of anilines is 2. The third-order valence-electron chi connectivity index (χ3n) is 4.10. The molecule has 5 N–H and O–H groups in total. The first kappa shape index (κ1) is 23.5. The number of nitrogens with two attached hydrogens (primary N) is 1. The number of carbonyl (C=O) groups is 2. The summed E-state index contributed by atoms with van der Waals surface area (Å²) in [5.74, 6) is 0. The lowest BCUT2D eigenvalue weighted by atomic mass is 10.1. The monoisotopic (exact) mass is 449 g/mol. The Morgan fingerprint density at radius 1 is 0.964 bits per heavy atom. The first-order valence-electron chi connectivity index (χ1n) is 9.04. The molecule has 0 saturated carbocycles. The molecule has 4 amide bonds. The van der Waals surface area contributed by atoms with Crippen LogP contribution in [0, 0.1) is 0 Å². The smallest absolute Gasteiger partial charge is 0.319 e. The molecule has 152 valence electrons. The van der Waals surface area contributed by atoms with Gasteiger partial charge in [0.05, 0.1) is 0 Å². The Hall–Kier alpha value is -2.58. The van der Waals surface area contributed by atoms with Crippen molar-refractivity contribution in [3.63, 3.8) is 0 Å². The molecule has 0 fully saturated rings. The highest BCUT2D eigenvalue weighted by molar-refractivity contribution is 8.93. The van der Waals surface area contributed by atoms with Crippen molar-refractivity contribution in [2.75, 3.05) is 36.8 Å². The van der Waals surface area contributed by atoms with Gasteiger partial charge in [-0.15, -0.1) is 17.0 Å². The summed E-state index contributed by atoms with van der Waals surface area (Å²) in [6, 6.07) is 16.2. The maximum atomic E-state index is 11.9. The molecular formula is C20H28BrN5O2. The van der Waals surface area contributed by atoms with E-state index in [1.165, 1.54) is 0 Å². The number of primary amides is 1. The van der Waals surface area contributed by atoms with Crippen molar-refractivity contribution < 1.29 is 9.59 Å². The first-order valence-corrected chi connectivity index (χ1v) is 9.04. The van der Waals surface area contributed by atoms with Crippen molar-refractivity contribution in [3.8, 4) is 0 Å². The number of para-hydroxylation sites is 1. The average Bonchev–Trinajstić information content (AvgIpc) is 2.65. The fourth-order valence-corrected chi connectivity index (χ4v) is 2.69. The number of urea groups is 2. The molecule has 0 aliphatic carbocycles. The van der Waals surface area contributed by atoms with Crippen molar-refractivity contribution >= 4 is 40.4 Å². The second-order valence-electron chi connectivity index (χ2n) is 6.12. The topological polar surface area (TPSA) is 99.5 Å². The van der Waals surface area contributed by atoms with Crippen LogP contribution in [-0.4, -0.2) is 43.1 Å². The molecule has 2 rings (SSSR count). The average molecular weight is 450 g/mol. The number of amides is 4. The third-order valence-corrected chi connectivity index (χ3v) is 4.10. The molecule has 0 spiro atoms. The van der Waals surface area contributed by atoms with Gasteiger partial charge >= 0.3 is 12.1 Å². The predicted octanol–water partition coefficient (Wildman–Crippen LogP) is 3.44. The first-order chi connectivity index (χ1) is 13.1. The maximum Gasteiger partial charge on any atom is 0.319 e. The van der Waals surface area contributed by atoms with Crippen LogP contribution in [0.3, 0.4) is 0 Å². The molecule has 0 aromatic heterocycles. The minimum absolute atomic E-state index is 0. The zero-order valence-corrected chi connectivity index (χ0v) is 17.7. The van der Waals surface area contributed by atoms with Gasteiger partial charge in [-0.25, -0.2) is 9.59 Å². The number of hydrogen-bond acceptors (Lipinski definition) is 3. The number of halogens is 1. The van der Waals surface area contributed by atoms with E-state index in [1.54, 1.807) is 6.07 Å². The molecule has 0 unspecified atom stereocenters. The normalized spacial score (nSPS) is 10.1. The molecule has 2 aromatic rings. The van der Waals surface area contributed by atoms with E-state index in [2.05, 4.69) is 27.8 Å². The van der Waals surface area contributed by atoms with Gasteiger partial charge in [0.15, 0.2) is 0 Å². The summed E-state index contributed by atoms with van der Waals surface area (Å²) < 4.78 is 0. The Labute approximate surface area is 176 Å². The number of hydrogen-bond donors (Lipinski definition) is 4. The highest BCUT2D eigenvalue weighted by Crippen LogP contribution is 2.11. The van der Waals surface area contributed by atoms with E-state index in [1.807, 2.05) is 48.5 Å². The summed E-state index contributed by atoms with van der Waals surface area (Å²) in [4.78, 5) is 25.1. The number of rotatable bonds is 9. The predicted molar refractivity (Wildman–Crippen MR) is 119 cm³/mol. The second-order valence-corrected chi connectivity index (χ2v) is 6.12. The van der Waals surface area contributed by atoms with Crippen LogP contribution in [-0.2, 0) is 6.42 Å². The van der Waals surface area contributed by atoms with Crippen LogP contribution in [0.15, 0.2) is 54.6 Å². The van der Waals surface area contributed by atoms with Gasteiger partial charge in [-0.1, -0.05) is 37.3 Å². The van der Waals surface area contributed by atoms with E-state index in [9.17, 15) is 9.59 Å². The molecular weight excluding hydrogens is 422 g/mol. The summed E-state index contributed by atoms with van der Waals surface area (Å²) >= 11 is 0. The molecule has 2 aromatic carbocycles. The number of benzene rings is 2. The number of carbonyl (C=O) groups excluding carboxylic acids is 2. The highest BCUT2D eigenvalue weighted by Gasteiger charge is 2.06. The van der Waals surface area contributed by atoms with Crippen molar-refractivity contribution in [1.82, 2.24) is 10.2 Å². The fraction of sp³-hybridized carbons (Fsp3) is 0.300. The molecule has 0 saturated heterocycles. The van der Waals surface area contributed by atoms with Crippen LogP contribution in [0.2, 0.25) is 0 Å². The van der Waals surface area contributed by atoms with Crippen LogP contribution >= 0.6 is 17.0 Å². The molecule has 0 radical (unpaired) electrons. The summed E-state index contributed by atoms with van der Waals surface area (Å²) in [5, 5.41) is 8.26. The third kappa shape index (κ3) is 8.88. The number of nitrogens with zero attached hydrogens (tertiary/aromatic N) is 1. The van der Waals surface area contributed by atoms with E-state index >= 15 is 0 Å². The van der Waals surface area contributed by atoms with E-state index in [0.717, 1.165) is 37.3 Å². The summed E-state index contributed by atoms with van der Waals surface area (Å²) in [6.45, 7) is 5.17. The van der Waals surface area contributed by atoms with Crippen LogP contribution in [0.5, 0.6) is 0 Å². The van der Waals surface area contributed by atoms with Crippen LogP contribution in [0.4, 0.5) is 21.0 Å². The van der Waals surface area contributed by atoms with E-state index in [0.29, 0.717) is 12.2 Å². The highest BCUT2D eigenvalue weighted by atomic mass is 79.9. The lowest BCUT2D eigenvalue weighted by Gasteiger charge is -2.20. The lowest BCUT2D eigenvalue weighted by Crippen LogP contribution is -2.37. The molecule has 0 heterocycles. The van der Waals surface area contributed by atoms with Crippen molar-refractivity contribution in [2.24, 2.45) is 5.73 Å². The molecule has 8 heteroatoms. The Bertz CT molecular complexity index is 742. The molecule has 7 nitrogen and oxygen atoms in total. The SMILES string of the molecule is Br.CCN(CCNC(=O)Nc1ccccc1)CCc1cccc(NC(N)=O)c1. The van der Waals surface area contributed by atoms with E-state index in [-0.39, 0.29) is 23.0 Å². The standard InChI is InChI=1S/C20H27N5O2.BrH/c1-2-25(13-11-16-7-6-10-18(15-16)23-19(21)26)14-12-22-20(27)24-17-8-4-3-5-9-17;/h3-10,15H,2,11-14H2,1H3,(H3,21,23,26)(H2,22,24,27);1H.